The molecule has 0 atom stereocenters. The van der Waals surface area contributed by atoms with Gasteiger partial charge in [0.2, 0.25) is 0 Å². The Balaban J connectivity index is 2.75. The van der Waals surface area contributed by atoms with E-state index in [1.165, 1.54) is 0 Å². The largest absolute Gasteiger partial charge is 0.313 e. The number of benzene rings is 1. The van der Waals surface area contributed by atoms with Gasteiger partial charge in [-0.25, -0.2) is 0 Å². The maximum Gasteiger partial charge on any atom is 0.300 e. The van der Waals surface area contributed by atoms with Crippen molar-refractivity contribution in [1.82, 2.24) is 0 Å². The van der Waals surface area contributed by atoms with Crippen LogP contribution in [0.5, 0.6) is 0 Å². The first-order valence-corrected chi connectivity index (χ1v) is 4.24. The zero-order chi connectivity index (χ0) is 12.7. The molecule has 0 bridgehead atoms. The summed E-state index contributed by atoms with van der Waals surface area (Å²) < 4.78 is 0. The number of carbonyl (C=O) groups excluding carboxylic acids is 2. The third-order valence-electron chi connectivity index (χ3n) is 2.20. The van der Waals surface area contributed by atoms with Crippen molar-refractivity contribution >= 4 is 28.8 Å². The quantitative estimate of drug-likeness (QED) is 0.455. The second-order valence-corrected chi connectivity index (χ2v) is 3.18. The maximum atomic E-state index is 11.3. The summed E-state index contributed by atoms with van der Waals surface area (Å²) in [6, 6.07) is 1.53. The Hall–Kier alpha value is -2.84. The highest BCUT2D eigenvalue weighted by Crippen LogP contribution is 2.36. The molecule has 1 aromatic rings. The zero-order valence-electron chi connectivity index (χ0n) is 8.00. The van der Waals surface area contributed by atoms with Gasteiger partial charge in [0.15, 0.2) is 0 Å². The van der Waals surface area contributed by atoms with Crippen LogP contribution in [0.25, 0.3) is 0 Å². The van der Waals surface area contributed by atoms with Crippen molar-refractivity contribution < 1.29 is 19.4 Å². The average Bonchev–Trinajstić information content (AvgIpc) is 2.54. The summed E-state index contributed by atoms with van der Waals surface area (Å²) in [5, 5.41) is 23.2. The molecule has 2 rings (SSSR count). The van der Waals surface area contributed by atoms with Gasteiger partial charge in [-0.1, -0.05) is 0 Å². The number of hydrogen-bond acceptors (Lipinski definition) is 6. The molecule has 1 heterocycles. The first-order chi connectivity index (χ1) is 7.91. The lowest BCUT2D eigenvalue weighted by molar-refractivity contribution is -0.393. The SMILES string of the molecule is O=C1Nc2c(cc([N+](=O)[O-])cc2[N+](=O)[O-])C1=O. The molecule has 17 heavy (non-hydrogen) atoms. The lowest BCUT2D eigenvalue weighted by atomic mass is 10.1. The van der Waals surface area contributed by atoms with Gasteiger partial charge in [0.05, 0.1) is 21.5 Å². The first kappa shape index (κ1) is 10.7. The van der Waals surface area contributed by atoms with Gasteiger partial charge in [-0.15, -0.1) is 0 Å². The highest BCUT2D eigenvalue weighted by Gasteiger charge is 2.36. The van der Waals surface area contributed by atoms with E-state index in [4.69, 9.17) is 0 Å². The minimum Gasteiger partial charge on any atom is -0.313 e. The van der Waals surface area contributed by atoms with Crippen molar-refractivity contribution in [1.29, 1.82) is 0 Å². The standard InChI is InChI=1S/C8H3N3O6/c12-7-4-1-3(10(14)15)2-5(11(16)17)6(4)9-8(7)13/h1-2H,(H,9,12,13). The van der Waals surface area contributed by atoms with E-state index in [1.807, 2.05) is 5.32 Å². The minimum absolute atomic E-state index is 0.296. The van der Waals surface area contributed by atoms with Gasteiger partial charge in [-0.05, 0) is 0 Å². The van der Waals surface area contributed by atoms with E-state index in [2.05, 4.69) is 0 Å². The number of rotatable bonds is 2. The van der Waals surface area contributed by atoms with Crippen LogP contribution in [0.4, 0.5) is 17.1 Å². The van der Waals surface area contributed by atoms with Gasteiger partial charge in [0.25, 0.3) is 23.1 Å². The number of ketones is 1. The predicted octanol–water partition coefficient (Wildman–Crippen LogP) is 0.638. The van der Waals surface area contributed by atoms with E-state index in [0.717, 1.165) is 6.07 Å². The lowest BCUT2D eigenvalue weighted by Crippen LogP contribution is -2.12. The highest BCUT2D eigenvalue weighted by atomic mass is 16.6. The molecule has 0 spiro atoms. The molecule has 86 valence electrons. The number of nitro benzene ring substituents is 2. The van der Waals surface area contributed by atoms with Gasteiger partial charge in [0.1, 0.15) is 5.69 Å². The Morgan fingerprint density at radius 2 is 1.71 bits per heavy atom. The summed E-state index contributed by atoms with van der Waals surface area (Å²) >= 11 is 0. The number of nitro groups is 2. The Morgan fingerprint density at radius 3 is 2.24 bits per heavy atom. The van der Waals surface area contributed by atoms with Crippen LogP contribution in [-0.4, -0.2) is 21.5 Å². The Morgan fingerprint density at radius 1 is 1.06 bits per heavy atom. The van der Waals surface area contributed by atoms with Crippen LogP contribution in [0.3, 0.4) is 0 Å². The molecule has 1 aliphatic rings. The van der Waals surface area contributed by atoms with Gasteiger partial charge < -0.3 is 5.32 Å². The van der Waals surface area contributed by atoms with Crippen LogP contribution >= 0.6 is 0 Å². The van der Waals surface area contributed by atoms with Crippen LogP contribution in [0.2, 0.25) is 0 Å². The Bertz CT molecular complexity index is 593. The van der Waals surface area contributed by atoms with Crippen molar-refractivity contribution in [2.45, 2.75) is 0 Å². The molecular formula is C8H3N3O6. The number of nitrogens with zero attached hydrogens (tertiary/aromatic N) is 2. The number of non-ortho nitro benzene ring substituents is 1. The zero-order valence-corrected chi connectivity index (χ0v) is 8.00. The molecule has 1 aromatic carbocycles. The van der Waals surface area contributed by atoms with Gasteiger partial charge in [0, 0.05) is 6.07 Å². The number of anilines is 1. The summed E-state index contributed by atoms with van der Waals surface area (Å²) in [5.41, 5.74) is -1.93. The summed E-state index contributed by atoms with van der Waals surface area (Å²) in [5.74, 6) is -2.06. The molecular weight excluding hydrogens is 234 g/mol. The van der Waals surface area contributed by atoms with Crippen molar-refractivity contribution in [3.05, 3.63) is 37.9 Å². The second-order valence-electron chi connectivity index (χ2n) is 3.18. The molecule has 1 N–H and O–H groups in total. The number of hydrogen-bond donors (Lipinski definition) is 1. The number of fused-ring (bicyclic) bond motifs is 1. The summed E-state index contributed by atoms with van der Waals surface area (Å²) in [7, 11) is 0. The average molecular weight is 237 g/mol. The van der Waals surface area contributed by atoms with E-state index in [1.54, 1.807) is 0 Å². The molecule has 9 heteroatoms. The molecule has 0 aliphatic carbocycles. The van der Waals surface area contributed by atoms with E-state index in [0.29, 0.717) is 6.07 Å². The van der Waals surface area contributed by atoms with E-state index < -0.39 is 32.9 Å². The van der Waals surface area contributed by atoms with Crippen molar-refractivity contribution in [2.24, 2.45) is 0 Å². The number of carbonyl (C=O) groups is 2. The second kappa shape index (κ2) is 3.33. The van der Waals surface area contributed by atoms with Crippen LogP contribution in [0.15, 0.2) is 12.1 Å². The number of nitrogens with one attached hydrogen (secondary N) is 1. The van der Waals surface area contributed by atoms with E-state index >= 15 is 0 Å². The fourth-order valence-electron chi connectivity index (χ4n) is 1.46. The Labute approximate surface area is 92.3 Å². The molecule has 0 unspecified atom stereocenters. The summed E-state index contributed by atoms with van der Waals surface area (Å²) in [4.78, 5) is 41.8. The van der Waals surface area contributed by atoms with E-state index in [9.17, 15) is 29.8 Å². The molecule has 0 aromatic heterocycles. The number of Topliss-reactive ketones (excluding diaryl/α,β-unsaturated/α-hetero) is 1. The van der Waals surface area contributed by atoms with Crippen molar-refractivity contribution in [3.63, 3.8) is 0 Å². The van der Waals surface area contributed by atoms with Crippen molar-refractivity contribution in [3.8, 4) is 0 Å². The van der Waals surface area contributed by atoms with Crippen LogP contribution in [0.1, 0.15) is 10.4 Å². The molecule has 0 radical (unpaired) electrons. The van der Waals surface area contributed by atoms with Gasteiger partial charge in [-0.3, -0.25) is 29.8 Å². The molecule has 1 aliphatic heterocycles. The van der Waals surface area contributed by atoms with E-state index in [-0.39, 0.29) is 11.3 Å². The molecule has 0 saturated carbocycles. The van der Waals surface area contributed by atoms with Crippen LogP contribution < -0.4 is 5.32 Å². The molecule has 0 fully saturated rings. The Kier molecular flexibility index (Phi) is 2.09. The van der Waals surface area contributed by atoms with Gasteiger partial charge in [-0.2, -0.15) is 0 Å². The molecule has 9 nitrogen and oxygen atoms in total. The van der Waals surface area contributed by atoms with Crippen LogP contribution in [-0.2, 0) is 4.79 Å². The molecule has 1 amide bonds. The number of amides is 1. The third-order valence-corrected chi connectivity index (χ3v) is 2.20. The smallest absolute Gasteiger partial charge is 0.300 e. The third kappa shape index (κ3) is 1.49. The van der Waals surface area contributed by atoms with Gasteiger partial charge >= 0.3 is 0 Å². The normalized spacial score (nSPS) is 13.2. The molecule has 0 saturated heterocycles. The fourth-order valence-corrected chi connectivity index (χ4v) is 1.46. The fraction of sp³-hybridized carbons (Fsp3) is 0. The topological polar surface area (TPSA) is 132 Å². The first-order valence-electron chi connectivity index (χ1n) is 4.24. The predicted molar refractivity (Wildman–Crippen MR) is 52.7 cm³/mol. The minimum atomic E-state index is -1.04. The summed E-state index contributed by atoms with van der Waals surface area (Å²) in [6.45, 7) is 0. The van der Waals surface area contributed by atoms with Crippen LogP contribution in [0, 0.1) is 20.2 Å². The monoisotopic (exact) mass is 237 g/mol. The van der Waals surface area contributed by atoms with Crippen molar-refractivity contribution in [2.75, 3.05) is 5.32 Å². The maximum absolute atomic E-state index is 11.3. The lowest BCUT2D eigenvalue weighted by Gasteiger charge is -1.99. The highest BCUT2D eigenvalue weighted by molar-refractivity contribution is 6.52. The summed E-state index contributed by atoms with van der Waals surface area (Å²) in [6.07, 6.45) is 0.